The third-order valence-electron chi connectivity index (χ3n) is 4.72. The van der Waals surface area contributed by atoms with Gasteiger partial charge >= 0.3 is 69.3 Å². The van der Waals surface area contributed by atoms with Gasteiger partial charge in [-0.1, -0.05) is 13.3 Å². The molecule has 0 saturated carbocycles. The zero-order valence-electron chi connectivity index (χ0n) is 20.1. The first-order valence-electron chi connectivity index (χ1n) is 10.1. The first-order chi connectivity index (χ1) is 18.4. The molecule has 27 heteroatoms. The fourth-order valence-corrected chi connectivity index (χ4v) is 3.16. The highest BCUT2D eigenvalue weighted by Crippen LogP contribution is 2.62. The van der Waals surface area contributed by atoms with Gasteiger partial charge in [-0.3, -0.25) is 4.74 Å². The fraction of sp³-hybridized carbons (Fsp3) is 1.00. The van der Waals surface area contributed by atoms with Crippen molar-refractivity contribution < 1.29 is 114 Å². The Kier molecular flexibility index (Phi) is 11.2. The van der Waals surface area contributed by atoms with Crippen molar-refractivity contribution in [2.75, 3.05) is 6.61 Å². The Hall–Kier alpha value is -1.64. The smallest absolute Gasteiger partial charge is 0.353 e. The lowest BCUT2D eigenvalue weighted by Crippen LogP contribution is -2.72. The highest BCUT2D eigenvalue weighted by molar-refractivity contribution is 7.87. The molecule has 0 aliphatic heterocycles. The van der Waals surface area contributed by atoms with Crippen LogP contribution in [0.25, 0.3) is 0 Å². The summed E-state index contributed by atoms with van der Waals surface area (Å²) in [5, 5.41) is -8.48. The van der Waals surface area contributed by atoms with E-state index in [1.54, 1.807) is 0 Å². The fourth-order valence-electron chi connectivity index (χ4n) is 2.23. The lowest BCUT2D eigenvalue weighted by molar-refractivity contribution is -0.479. The molecule has 0 fully saturated rings. The Balaban J connectivity index is 6.72. The molecule has 1 unspecified atom stereocenters. The summed E-state index contributed by atoms with van der Waals surface area (Å²) in [6.07, 6.45) is -26.2. The Morgan fingerprint density at radius 1 is 0.558 bits per heavy atom. The molecule has 0 aromatic rings. The Bertz CT molecular complexity index is 1070. The predicted octanol–water partition coefficient (Wildman–Crippen LogP) is 7.66. The van der Waals surface area contributed by atoms with Crippen LogP contribution in [0.3, 0.4) is 0 Å². The van der Waals surface area contributed by atoms with Crippen molar-refractivity contribution in [1.82, 2.24) is 0 Å². The van der Waals surface area contributed by atoms with Crippen molar-refractivity contribution >= 4 is 10.1 Å². The van der Waals surface area contributed by atoms with E-state index in [4.69, 9.17) is 0 Å². The van der Waals surface area contributed by atoms with Crippen LogP contribution in [0.15, 0.2) is 0 Å². The van der Waals surface area contributed by atoms with Crippen LogP contribution in [0, 0.1) is 0 Å². The lowest BCUT2D eigenvalue weighted by atomic mass is 9.97. The molecule has 0 spiro atoms. The van der Waals surface area contributed by atoms with Crippen molar-refractivity contribution in [3.05, 3.63) is 0 Å². The average molecular weight is 716 g/mol. The number of halogens is 21. The van der Waals surface area contributed by atoms with Crippen molar-refractivity contribution in [1.29, 1.82) is 0 Å². The Morgan fingerprint density at radius 2 is 0.930 bits per heavy atom. The van der Waals surface area contributed by atoms with E-state index in [9.17, 15) is 101 Å². The summed E-state index contributed by atoms with van der Waals surface area (Å²) >= 11 is 0. The number of hydrogen-bond acceptors (Lipinski definition) is 5. The molecule has 0 radical (unpaired) electrons. The second-order valence-corrected chi connectivity index (χ2v) is 9.53. The first-order valence-corrected chi connectivity index (χ1v) is 11.5. The van der Waals surface area contributed by atoms with Crippen LogP contribution in [0.5, 0.6) is 0 Å². The first kappa shape index (κ1) is 41.4. The van der Waals surface area contributed by atoms with E-state index in [1.165, 1.54) is 11.1 Å². The number of rotatable bonds is 16. The molecule has 0 rings (SSSR count). The molecule has 260 valence electrons. The standard InChI is InChI=1S/C16H13F21O5S/c1-3-4-5-40-6(2)41-14(32,33)10(23,24)7(17,18)8(19,20)11(25,26)15(34,35)42-43(38,39)16(36,37)12(27,28)9(21,22)13(29,30)31/h6H,3-5H2,1-2H3. The lowest BCUT2D eigenvalue weighted by Gasteiger charge is -2.41. The molecular weight excluding hydrogens is 703 g/mol. The number of alkyl halides is 21. The number of hydrogen-bond donors (Lipinski definition) is 0. The Labute approximate surface area is 224 Å². The molecule has 0 N–H and O–H groups in total. The van der Waals surface area contributed by atoms with Gasteiger partial charge in [-0.25, -0.2) is 0 Å². The van der Waals surface area contributed by atoms with Crippen molar-refractivity contribution in [3.8, 4) is 0 Å². The maximum absolute atomic E-state index is 13.8. The van der Waals surface area contributed by atoms with Gasteiger partial charge < -0.3 is 4.74 Å². The molecule has 43 heavy (non-hydrogen) atoms. The van der Waals surface area contributed by atoms with E-state index >= 15 is 0 Å². The van der Waals surface area contributed by atoms with Crippen LogP contribution in [0.2, 0.25) is 0 Å². The average Bonchev–Trinajstić information content (AvgIpc) is 2.76. The minimum absolute atomic E-state index is 0.0765. The van der Waals surface area contributed by atoms with E-state index in [-0.39, 0.29) is 19.8 Å². The minimum atomic E-state index is -9.25. The molecule has 0 heterocycles. The second-order valence-electron chi connectivity index (χ2n) is 7.94. The molecule has 0 aromatic carbocycles. The van der Waals surface area contributed by atoms with E-state index in [1.807, 2.05) is 0 Å². The molecule has 0 aliphatic rings. The van der Waals surface area contributed by atoms with Crippen molar-refractivity contribution in [2.24, 2.45) is 0 Å². The molecule has 0 saturated heterocycles. The van der Waals surface area contributed by atoms with E-state index in [2.05, 4.69) is 9.47 Å². The summed E-state index contributed by atoms with van der Waals surface area (Å²) in [5.74, 6) is -51.1. The summed E-state index contributed by atoms with van der Waals surface area (Å²) < 4.78 is 310. The maximum Gasteiger partial charge on any atom is 0.460 e. The minimum Gasteiger partial charge on any atom is -0.353 e. The Morgan fingerprint density at radius 3 is 1.28 bits per heavy atom. The van der Waals surface area contributed by atoms with E-state index in [0.717, 1.165) is 0 Å². The normalized spacial score (nSPS) is 16.9. The van der Waals surface area contributed by atoms with Crippen molar-refractivity contribution in [2.45, 2.75) is 92.2 Å². The summed E-state index contributed by atoms with van der Waals surface area (Å²) in [6, 6.07) is 0. The zero-order chi connectivity index (χ0) is 35.3. The zero-order valence-corrected chi connectivity index (χ0v) is 20.9. The van der Waals surface area contributed by atoms with Crippen molar-refractivity contribution in [3.63, 3.8) is 0 Å². The second kappa shape index (κ2) is 11.6. The number of ether oxygens (including phenoxy) is 2. The molecule has 0 aromatic heterocycles. The van der Waals surface area contributed by atoms with Gasteiger partial charge in [-0.15, -0.1) is 0 Å². The highest BCUT2D eigenvalue weighted by Gasteiger charge is 2.93. The predicted molar refractivity (Wildman–Crippen MR) is 92.0 cm³/mol. The topological polar surface area (TPSA) is 61.8 Å². The summed E-state index contributed by atoms with van der Waals surface area (Å²) in [7, 11) is -9.25. The van der Waals surface area contributed by atoms with Crippen LogP contribution < -0.4 is 0 Å². The third-order valence-corrected chi connectivity index (χ3v) is 6.04. The monoisotopic (exact) mass is 716 g/mol. The third kappa shape index (κ3) is 6.53. The molecular formula is C16H13F21O5S. The molecule has 0 bridgehead atoms. The quantitative estimate of drug-likeness (QED) is 0.0711. The molecule has 0 aliphatic carbocycles. The summed E-state index contributed by atoms with van der Waals surface area (Å²) in [4.78, 5) is 0. The van der Waals surface area contributed by atoms with E-state index < -0.39 is 82.2 Å². The van der Waals surface area contributed by atoms with Crippen LogP contribution >= 0.6 is 0 Å². The summed E-state index contributed by atoms with van der Waals surface area (Å²) in [5.41, 5.74) is 0. The van der Waals surface area contributed by atoms with Crippen LogP contribution in [-0.2, 0) is 23.8 Å². The van der Waals surface area contributed by atoms with Gasteiger partial charge in [0.2, 0.25) is 0 Å². The van der Waals surface area contributed by atoms with Gasteiger partial charge in [0.1, 0.15) is 0 Å². The number of unbranched alkanes of at least 4 members (excludes halogenated alkanes) is 1. The van der Waals surface area contributed by atoms with Crippen LogP contribution in [0.4, 0.5) is 92.2 Å². The SMILES string of the molecule is CCCCOC(C)OC(F)(F)C(F)(F)C(F)(F)C(F)(F)C(F)(F)C(F)(F)OS(=O)(=O)C(F)(F)C(F)(F)C(F)(F)C(F)(F)F. The summed E-state index contributed by atoms with van der Waals surface area (Å²) in [6.45, 7) is 0.936. The molecule has 5 nitrogen and oxygen atoms in total. The van der Waals surface area contributed by atoms with Crippen LogP contribution in [0.1, 0.15) is 26.7 Å². The van der Waals surface area contributed by atoms with Gasteiger partial charge in [0, 0.05) is 6.61 Å². The van der Waals surface area contributed by atoms with Gasteiger partial charge in [-0.2, -0.15) is 105 Å². The largest absolute Gasteiger partial charge is 0.460 e. The highest BCUT2D eigenvalue weighted by atomic mass is 32.2. The van der Waals surface area contributed by atoms with Gasteiger partial charge in [0.05, 0.1) is 0 Å². The molecule has 0 amide bonds. The maximum atomic E-state index is 13.8. The van der Waals surface area contributed by atoms with Crippen LogP contribution in [-0.4, -0.2) is 80.5 Å². The molecule has 1 atom stereocenters. The van der Waals surface area contributed by atoms with E-state index in [0.29, 0.717) is 0 Å². The van der Waals surface area contributed by atoms with Gasteiger partial charge in [0.25, 0.3) is 0 Å². The van der Waals surface area contributed by atoms with Gasteiger partial charge in [-0.05, 0) is 13.3 Å². The van der Waals surface area contributed by atoms with Gasteiger partial charge in [0.15, 0.2) is 6.29 Å².